The first-order chi connectivity index (χ1) is 10.2. The van der Waals surface area contributed by atoms with Gasteiger partial charge < -0.3 is 16.8 Å². The highest BCUT2D eigenvalue weighted by Gasteiger charge is 2.03. The molecule has 110 valence electrons. The Balaban J connectivity index is 2.26. The Morgan fingerprint density at radius 3 is 2.52 bits per heavy atom. The largest absolute Gasteiger partial charge is 0.398 e. The average Bonchev–Trinajstić information content (AvgIpc) is 2.52. The lowest BCUT2D eigenvalue weighted by molar-refractivity contribution is 1.10. The number of nitrogens with one attached hydrogen (secondary N) is 1. The summed E-state index contributed by atoms with van der Waals surface area (Å²) in [5.41, 5.74) is 17.9. The van der Waals surface area contributed by atoms with Crippen LogP contribution in [0.3, 0.4) is 0 Å². The summed E-state index contributed by atoms with van der Waals surface area (Å²) < 4.78 is 0. The quantitative estimate of drug-likeness (QED) is 0.731. The molecule has 0 aliphatic rings. The van der Waals surface area contributed by atoms with Crippen LogP contribution in [0.2, 0.25) is 0 Å². The van der Waals surface area contributed by atoms with Gasteiger partial charge in [-0.2, -0.15) is 0 Å². The second-order valence-corrected chi connectivity index (χ2v) is 5.03. The van der Waals surface area contributed by atoms with Gasteiger partial charge in [0.15, 0.2) is 0 Å². The van der Waals surface area contributed by atoms with E-state index >= 15 is 0 Å². The maximum Gasteiger partial charge on any atom is 0.0571 e. The minimum Gasteiger partial charge on any atom is -0.398 e. The van der Waals surface area contributed by atoms with Crippen molar-refractivity contribution >= 4 is 17.1 Å². The van der Waals surface area contributed by atoms with E-state index in [-0.39, 0.29) is 0 Å². The van der Waals surface area contributed by atoms with Gasteiger partial charge >= 0.3 is 0 Å². The predicted molar refractivity (Wildman–Crippen MR) is 91.8 cm³/mol. The fourth-order valence-electron chi connectivity index (χ4n) is 2.28. The number of para-hydroxylation sites is 1. The molecule has 0 radical (unpaired) electrons. The minimum absolute atomic E-state index is 0.636. The van der Waals surface area contributed by atoms with Crippen LogP contribution in [-0.4, -0.2) is 0 Å². The molecule has 0 bridgehead atoms. The van der Waals surface area contributed by atoms with Gasteiger partial charge in [-0.05, 0) is 36.1 Å². The molecule has 2 rings (SSSR count). The van der Waals surface area contributed by atoms with E-state index < -0.39 is 0 Å². The van der Waals surface area contributed by atoms with Crippen molar-refractivity contribution in [2.75, 3.05) is 11.1 Å². The van der Waals surface area contributed by atoms with E-state index in [9.17, 15) is 0 Å². The van der Waals surface area contributed by atoms with Crippen molar-refractivity contribution in [1.29, 1.82) is 0 Å². The van der Waals surface area contributed by atoms with Gasteiger partial charge in [0.2, 0.25) is 0 Å². The molecule has 21 heavy (non-hydrogen) atoms. The molecule has 0 saturated carbocycles. The van der Waals surface area contributed by atoms with E-state index in [1.807, 2.05) is 30.5 Å². The summed E-state index contributed by atoms with van der Waals surface area (Å²) in [7, 11) is 0. The summed E-state index contributed by atoms with van der Waals surface area (Å²) in [5.74, 6) is 0. The fraction of sp³-hybridized carbons (Fsp3) is 0.222. The second kappa shape index (κ2) is 6.84. The Labute approximate surface area is 126 Å². The van der Waals surface area contributed by atoms with Crippen LogP contribution in [0.5, 0.6) is 0 Å². The first kappa shape index (κ1) is 15.0. The molecule has 3 heteroatoms. The van der Waals surface area contributed by atoms with Gasteiger partial charge in [-0.3, -0.25) is 0 Å². The third-order valence-electron chi connectivity index (χ3n) is 3.62. The van der Waals surface area contributed by atoms with Crippen molar-refractivity contribution in [3.63, 3.8) is 0 Å². The monoisotopic (exact) mass is 281 g/mol. The number of rotatable bonds is 5. The maximum absolute atomic E-state index is 6.12. The molecule has 0 atom stereocenters. The molecule has 2 aromatic rings. The zero-order valence-corrected chi connectivity index (χ0v) is 12.7. The van der Waals surface area contributed by atoms with Crippen LogP contribution in [-0.2, 0) is 12.8 Å². The average molecular weight is 281 g/mol. The highest BCUT2D eigenvalue weighted by atomic mass is 14.9. The van der Waals surface area contributed by atoms with Crippen molar-refractivity contribution < 1.29 is 0 Å². The van der Waals surface area contributed by atoms with Crippen LogP contribution in [0, 0.1) is 0 Å². The fourth-order valence-corrected chi connectivity index (χ4v) is 2.28. The number of hydrogen-bond donors (Lipinski definition) is 3. The number of aryl methyl sites for hydroxylation is 2. The van der Waals surface area contributed by atoms with E-state index in [2.05, 4.69) is 37.4 Å². The molecule has 0 aliphatic heterocycles. The van der Waals surface area contributed by atoms with Gasteiger partial charge in [0.05, 0.1) is 5.70 Å². The SMILES string of the molecule is CCc1ccc(CC)c(N/C=C(\N)c2ccccc2N)c1. The Bertz CT molecular complexity index is 645. The molecule has 0 heterocycles. The van der Waals surface area contributed by atoms with Gasteiger partial charge in [0, 0.05) is 23.1 Å². The van der Waals surface area contributed by atoms with E-state index in [4.69, 9.17) is 11.5 Å². The number of nitrogens with two attached hydrogens (primary N) is 2. The summed E-state index contributed by atoms with van der Waals surface area (Å²) in [6, 6.07) is 14.1. The Morgan fingerprint density at radius 2 is 1.86 bits per heavy atom. The standard InChI is InChI=1S/C18H23N3/c1-3-13-9-10-14(4-2)18(11-13)21-12-17(20)15-7-5-6-8-16(15)19/h5-12,21H,3-4,19-20H2,1-2H3/b17-12-. The van der Waals surface area contributed by atoms with Gasteiger partial charge in [-0.15, -0.1) is 0 Å². The van der Waals surface area contributed by atoms with Crippen molar-refractivity contribution in [3.05, 3.63) is 65.4 Å². The van der Waals surface area contributed by atoms with Crippen LogP contribution < -0.4 is 16.8 Å². The summed E-state index contributed by atoms with van der Waals surface area (Å²) >= 11 is 0. The van der Waals surface area contributed by atoms with E-state index in [0.717, 1.165) is 24.1 Å². The molecule has 5 N–H and O–H groups in total. The first-order valence-electron chi connectivity index (χ1n) is 7.34. The van der Waals surface area contributed by atoms with Crippen LogP contribution in [0.15, 0.2) is 48.7 Å². The first-order valence-corrected chi connectivity index (χ1v) is 7.34. The number of nitrogen functional groups attached to an aromatic ring is 1. The highest BCUT2D eigenvalue weighted by molar-refractivity contribution is 5.74. The van der Waals surface area contributed by atoms with Crippen molar-refractivity contribution in [1.82, 2.24) is 0 Å². The molecule has 0 aliphatic carbocycles. The Morgan fingerprint density at radius 1 is 1.10 bits per heavy atom. The van der Waals surface area contributed by atoms with E-state index in [1.165, 1.54) is 11.1 Å². The smallest absolute Gasteiger partial charge is 0.0571 e. The third-order valence-corrected chi connectivity index (χ3v) is 3.62. The normalized spacial score (nSPS) is 11.4. The zero-order chi connectivity index (χ0) is 15.2. The second-order valence-electron chi connectivity index (χ2n) is 5.03. The maximum atomic E-state index is 6.12. The number of anilines is 2. The topological polar surface area (TPSA) is 64.1 Å². The molecule has 3 nitrogen and oxygen atoms in total. The predicted octanol–water partition coefficient (Wildman–Crippen LogP) is 3.76. The summed E-state index contributed by atoms with van der Waals surface area (Å²) in [5, 5.41) is 3.32. The minimum atomic E-state index is 0.636. The third kappa shape index (κ3) is 3.57. The molecule has 0 unspecified atom stereocenters. The van der Waals surface area contributed by atoms with Crippen molar-refractivity contribution in [2.45, 2.75) is 26.7 Å². The van der Waals surface area contributed by atoms with Gasteiger partial charge in [0.1, 0.15) is 0 Å². The van der Waals surface area contributed by atoms with Crippen LogP contribution in [0.4, 0.5) is 11.4 Å². The molecule has 0 aromatic heterocycles. The molecule has 0 saturated heterocycles. The van der Waals surface area contributed by atoms with Gasteiger partial charge in [-0.1, -0.05) is 44.2 Å². The summed E-state index contributed by atoms with van der Waals surface area (Å²) in [6.45, 7) is 4.30. The van der Waals surface area contributed by atoms with E-state index in [1.54, 1.807) is 0 Å². The highest BCUT2D eigenvalue weighted by Crippen LogP contribution is 2.21. The summed E-state index contributed by atoms with van der Waals surface area (Å²) in [6.07, 6.45) is 3.82. The van der Waals surface area contributed by atoms with Crippen molar-refractivity contribution in [3.8, 4) is 0 Å². The lowest BCUT2D eigenvalue weighted by Gasteiger charge is -2.11. The lowest BCUT2D eigenvalue weighted by atomic mass is 10.1. The molecular weight excluding hydrogens is 258 g/mol. The lowest BCUT2D eigenvalue weighted by Crippen LogP contribution is -2.04. The van der Waals surface area contributed by atoms with Crippen LogP contribution in [0.25, 0.3) is 5.70 Å². The van der Waals surface area contributed by atoms with Gasteiger partial charge in [0.25, 0.3) is 0 Å². The van der Waals surface area contributed by atoms with Crippen LogP contribution in [0.1, 0.15) is 30.5 Å². The Kier molecular flexibility index (Phi) is 4.88. The molecule has 2 aromatic carbocycles. The Hall–Kier alpha value is -2.42. The summed E-state index contributed by atoms with van der Waals surface area (Å²) in [4.78, 5) is 0. The number of hydrogen-bond acceptors (Lipinski definition) is 3. The van der Waals surface area contributed by atoms with Crippen molar-refractivity contribution in [2.24, 2.45) is 5.73 Å². The number of benzene rings is 2. The molecular formula is C18H23N3. The molecule has 0 fully saturated rings. The molecule has 0 amide bonds. The van der Waals surface area contributed by atoms with E-state index in [0.29, 0.717) is 11.4 Å². The molecule has 0 spiro atoms. The van der Waals surface area contributed by atoms with Crippen LogP contribution >= 0.6 is 0 Å². The zero-order valence-electron chi connectivity index (χ0n) is 12.7. The van der Waals surface area contributed by atoms with Gasteiger partial charge in [-0.25, -0.2) is 0 Å².